The van der Waals surface area contributed by atoms with Crippen molar-refractivity contribution in [3.63, 3.8) is 0 Å². The molecule has 1 rings (SSSR count). The van der Waals surface area contributed by atoms with Crippen molar-refractivity contribution in [3.8, 4) is 0 Å². The highest BCUT2D eigenvalue weighted by molar-refractivity contribution is 8.13. The molecule has 0 spiro atoms. The van der Waals surface area contributed by atoms with E-state index in [9.17, 15) is 22.0 Å². The minimum Gasteiger partial charge on any atom is -0.375 e. The molecule has 1 aromatic rings. The lowest BCUT2D eigenvalue weighted by Crippen LogP contribution is -2.24. The van der Waals surface area contributed by atoms with Gasteiger partial charge in [0, 0.05) is 23.6 Å². The predicted molar refractivity (Wildman–Crippen MR) is 72.8 cm³/mol. The highest BCUT2D eigenvalue weighted by atomic mass is 35.7. The summed E-state index contributed by atoms with van der Waals surface area (Å²) in [5.74, 6) is -0.349. The van der Waals surface area contributed by atoms with Gasteiger partial charge in [-0.2, -0.15) is 0 Å². The van der Waals surface area contributed by atoms with Crippen molar-refractivity contribution in [1.82, 2.24) is 5.32 Å². The Kier molecular flexibility index (Phi) is 7.00. The van der Waals surface area contributed by atoms with Crippen molar-refractivity contribution in [2.24, 2.45) is 0 Å². The zero-order valence-corrected chi connectivity index (χ0v) is 12.5. The third-order valence-corrected chi connectivity index (χ3v) is 3.78. The fourth-order valence-corrected chi connectivity index (χ4v) is 2.17. The summed E-state index contributed by atoms with van der Waals surface area (Å²) in [7, 11) is 1.40. The normalized spacial score (nSPS) is 11.6. The van der Waals surface area contributed by atoms with Gasteiger partial charge in [-0.1, -0.05) is 12.1 Å². The van der Waals surface area contributed by atoms with Crippen LogP contribution in [0.4, 0.5) is 8.78 Å². The molecule has 0 fully saturated rings. The second-order valence-corrected chi connectivity index (χ2v) is 6.64. The molecule has 0 unspecified atom stereocenters. The number of ether oxygens (including phenoxy) is 1. The molecule has 0 aliphatic rings. The van der Waals surface area contributed by atoms with E-state index in [1.807, 2.05) is 0 Å². The fourth-order valence-electron chi connectivity index (χ4n) is 1.40. The number of benzene rings is 1. The highest BCUT2D eigenvalue weighted by Gasteiger charge is 2.09. The van der Waals surface area contributed by atoms with E-state index in [-0.39, 0.29) is 30.4 Å². The Morgan fingerprint density at radius 2 is 1.90 bits per heavy atom. The van der Waals surface area contributed by atoms with Gasteiger partial charge in [0.1, 0.15) is 6.61 Å². The number of alkyl halides is 2. The molecule has 0 saturated carbocycles. The lowest BCUT2D eigenvalue weighted by Gasteiger charge is -2.06. The van der Waals surface area contributed by atoms with Crippen LogP contribution in [0.15, 0.2) is 29.2 Å². The van der Waals surface area contributed by atoms with E-state index < -0.39 is 22.1 Å². The third-order valence-electron chi connectivity index (χ3n) is 2.41. The number of hydrogen-bond donors (Lipinski definition) is 1. The van der Waals surface area contributed by atoms with Crippen LogP contribution in [0.2, 0.25) is 0 Å². The van der Waals surface area contributed by atoms with Gasteiger partial charge in [-0.15, -0.1) is 0 Å². The van der Waals surface area contributed by atoms with Gasteiger partial charge in [0.15, 0.2) is 0 Å². The standard InChI is InChI=1S/C12H14ClF2NO4S/c13-21(18,19)10-3-1-9(2-4-10)7-16-12(17)5-6-20-8-11(14)15/h1-4,11H,5-8H2,(H,16,17). The van der Waals surface area contributed by atoms with Crippen LogP contribution >= 0.6 is 10.7 Å². The van der Waals surface area contributed by atoms with E-state index in [0.717, 1.165) is 0 Å². The molecule has 1 N–H and O–H groups in total. The summed E-state index contributed by atoms with van der Waals surface area (Å²) in [6.45, 7) is -0.586. The van der Waals surface area contributed by atoms with Gasteiger partial charge in [0.25, 0.3) is 15.5 Å². The summed E-state index contributed by atoms with van der Waals surface area (Å²) < 4.78 is 50.2. The molecule has 0 saturated heterocycles. The fraction of sp³-hybridized carbons (Fsp3) is 0.417. The molecule has 118 valence electrons. The zero-order chi connectivity index (χ0) is 15.9. The van der Waals surface area contributed by atoms with Crippen LogP contribution in [-0.4, -0.2) is 34.0 Å². The number of hydrogen-bond acceptors (Lipinski definition) is 4. The minimum absolute atomic E-state index is 0.0269. The monoisotopic (exact) mass is 341 g/mol. The van der Waals surface area contributed by atoms with E-state index in [1.165, 1.54) is 24.3 Å². The summed E-state index contributed by atoms with van der Waals surface area (Å²) in [6.07, 6.45) is -2.58. The van der Waals surface area contributed by atoms with E-state index in [1.54, 1.807) is 0 Å². The smallest absolute Gasteiger partial charge is 0.261 e. The number of carbonyl (C=O) groups is 1. The van der Waals surface area contributed by atoms with Gasteiger partial charge in [0.05, 0.1) is 11.5 Å². The van der Waals surface area contributed by atoms with Gasteiger partial charge in [-0.3, -0.25) is 4.79 Å². The van der Waals surface area contributed by atoms with Crippen LogP contribution in [0.5, 0.6) is 0 Å². The maximum atomic E-state index is 11.8. The Labute approximate surface area is 125 Å². The summed E-state index contributed by atoms with van der Waals surface area (Å²) in [4.78, 5) is 11.4. The molecule has 0 aliphatic heterocycles. The molecular weight excluding hydrogens is 328 g/mol. The molecule has 0 heterocycles. The van der Waals surface area contributed by atoms with Crippen molar-refractivity contribution in [2.75, 3.05) is 13.2 Å². The lowest BCUT2D eigenvalue weighted by molar-refractivity contribution is -0.122. The van der Waals surface area contributed by atoms with Gasteiger partial charge in [-0.25, -0.2) is 17.2 Å². The zero-order valence-electron chi connectivity index (χ0n) is 10.9. The van der Waals surface area contributed by atoms with Gasteiger partial charge in [-0.05, 0) is 17.7 Å². The SMILES string of the molecule is O=C(CCOCC(F)F)NCc1ccc(S(=O)(=O)Cl)cc1. The molecule has 0 aromatic heterocycles. The van der Waals surface area contributed by atoms with Gasteiger partial charge < -0.3 is 10.1 Å². The molecule has 0 bridgehead atoms. The molecule has 1 amide bonds. The van der Waals surface area contributed by atoms with E-state index >= 15 is 0 Å². The van der Waals surface area contributed by atoms with Crippen molar-refractivity contribution >= 4 is 25.6 Å². The Bertz CT molecular complexity index is 563. The number of halogens is 3. The van der Waals surface area contributed by atoms with E-state index in [2.05, 4.69) is 10.1 Å². The van der Waals surface area contributed by atoms with Crippen molar-refractivity contribution in [2.45, 2.75) is 24.3 Å². The Balaban J connectivity index is 2.33. The van der Waals surface area contributed by atoms with Crippen LogP contribution < -0.4 is 5.32 Å². The summed E-state index contributed by atoms with van der Waals surface area (Å²) in [5.41, 5.74) is 0.681. The Morgan fingerprint density at radius 3 is 2.43 bits per heavy atom. The maximum absolute atomic E-state index is 11.8. The minimum atomic E-state index is -3.77. The molecular formula is C12H14ClF2NO4S. The second-order valence-electron chi connectivity index (χ2n) is 4.07. The first-order chi connectivity index (χ1) is 9.79. The van der Waals surface area contributed by atoms with Crippen molar-refractivity contribution < 1.29 is 26.7 Å². The molecule has 0 atom stereocenters. The first-order valence-electron chi connectivity index (χ1n) is 5.95. The summed E-state index contributed by atoms with van der Waals surface area (Å²) in [5, 5.41) is 2.56. The molecule has 5 nitrogen and oxygen atoms in total. The number of rotatable bonds is 8. The van der Waals surface area contributed by atoms with Crippen LogP contribution in [-0.2, 0) is 25.1 Å². The average Bonchev–Trinajstić information content (AvgIpc) is 2.40. The first-order valence-corrected chi connectivity index (χ1v) is 8.26. The van der Waals surface area contributed by atoms with Crippen LogP contribution in [0.25, 0.3) is 0 Å². The van der Waals surface area contributed by atoms with E-state index in [0.29, 0.717) is 5.56 Å². The molecule has 1 aromatic carbocycles. The summed E-state index contributed by atoms with van der Waals surface area (Å²) in [6, 6.07) is 5.69. The van der Waals surface area contributed by atoms with E-state index in [4.69, 9.17) is 10.7 Å². The molecule has 0 radical (unpaired) electrons. The maximum Gasteiger partial charge on any atom is 0.261 e. The van der Waals surface area contributed by atoms with Crippen LogP contribution in [0.3, 0.4) is 0 Å². The number of nitrogens with one attached hydrogen (secondary N) is 1. The van der Waals surface area contributed by atoms with Crippen LogP contribution in [0, 0.1) is 0 Å². The lowest BCUT2D eigenvalue weighted by atomic mass is 10.2. The number of amides is 1. The Hall–Kier alpha value is -1.25. The van der Waals surface area contributed by atoms with Crippen LogP contribution in [0.1, 0.15) is 12.0 Å². The largest absolute Gasteiger partial charge is 0.375 e. The van der Waals surface area contributed by atoms with Crippen molar-refractivity contribution in [3.05, 3.63) is 29.8 Å². The first kappa shape index (κ1) is 17.8. The summed E-state index contributed by atoms with van der Waals surface area (Å²) >= 11 is 0. The van der Waals surface area contributed by atoms with Crippen molar-refractivity contribution in [1.29, 1.82) is 0 Å². The molecule has 21 heavy (non-hydrogen) atoms. The topological polar surface area (TPSA) is 72.5 Å². The average molecular weight is 342 g/mol. The third kappa shape index (κ3) is 7.35. The van der Waals surface area contributed by atoms with Gasteiger partial charge in [0.2, 0.25) is 5.91 Å². The van der Waals surface area contributed by atoms with Gasteiger partial charge >= 0.3 is 0 Å². The highest BCUT2D eigenvalue weighted by Crippen LogP contribution is 2.15. The number of carbonyl (C=O) groups excluding carboxylic acids is 1. The second kappa shape index (κ2) is 8.26. The quantitative estimate of drug-likeness (QED) is 0.579. The molecule has 9 heteroatoms. The predicted octanol–water partition coefficient (Wildman–Crippen LogP) is 1.90. The Morgan fingerprint density at radius 1 is 1.29 bits per heavy atom. The molecule has 0 aliphatic carbocycles.